The first-order valence-electron chi connectivity index (χ1n) is 9.12. The predicted octanol–water partition coefficient (Wildman–Crippen LogP) is 1.56. The summed E-state index contributed by atoms with van der Waals surface area (Å²) in [6.07, 6.45) is 2.66. The summed E-state index contributed by atoms with van der Waals surface area (Å²) in [7, 11) is 0. The number of likely N-dealkylation sites (tertiary alicyclic amines) is 1. The number of carbonyl (C=O) groups excluding carboxylic acids is 1. The summed E-state index contributed by atoms with van der Waals surface area (Å²) in [6.45, 7) is 6.33. The topological polar surface area (TPSA) is 95.9 Å². The van der Waals surface area contributed by atoms with Gasteiger partial charge >= 0.3 is 6.03 Å². The molecule has 1 aliphatic rings. The molecule has 0 aromatic carbocycles. The van der Waals surface area contributed by atoms with Crippen LogP contribution in [-0.4, -0.2) is 50.3 Å². The average Bonchev–Trinajstić information content (AvgIpc) is 3.07. The first-order valence-corrected chi connectivity index (χ1v) is 9.12. The summed E-state index contributed by atoms with van der Waals surface area (Å²) in [6, 6.07) is 5.18. The van der Waals surface area contributed by atoms with E-state index in [2.05, 4.69) is 20.5 Å². The van der Waals surface area contributed by atoms with Gasteiger partial charge in [0.15, 0.2) is 5.82 Å². The number of aromatic amines is 1. The van der Waals surface area contributed by atoms with E-state index in [0.717, 1.165) is 36.7 Å². The number of piperidine rings is 1. The van der Waals surface area contributed by atoms with Gasteiger partial charge in [-0.05, 0) is 39.2 Å². The van der Waals surface area contributed by atoms with E-state index in [1.54, 1.807) is 16.7 Å². The molecule has 0 saturated carbocycles. The van der Waals surface area contributed by atoms with Gasteiger partial charge < -0.3 is 14.8 Å². The fourth-order valence-electron chi connectivity index (χ4n) is 3.37. The molecule has 0 spiro atoms. The second kappa shape index (κ2) is 8.16. The van der Waals surface area contributed by atoms with Gasteiger partial charge in [-0.2, -0.15) is 5.10 Å². The van der Waals surface area contributed by atoms with Crippen molar-refractivity contribution in [2.75, 3.05) is 19.6 Å². The molecule has 1 saturated heterocycles. The molecule has 3 rings (SSSR count). The number of aryl methyl sites for hydroxylation is 2. The first kappa shape index (κ1) is 18.2. The number of nitrogens with zero attached hydrogens (tertiary/aromatic N) is 4. The van der Waals surface area contributed by atoms with Crippen LogP contribution in [0, 0.1) is 13.8 Å². The summed E-state index contributed by atoms with van der Waals surface area (Å²) < 4.78 is 1.73. The van der Waals surface area contributed by atoms with Gasteiger partial charge in [0.1, 0.15) is 5.82 Å². The van der Waals surface area contributed by atoms with E-state index in [4.69, 9.17) is 0 Å². The molecule has 8 nitrogen and oxygen atoms in total. The van der Waals surface area contributed by atoms with Crippen LogP contribution in [0.25, 0.3) is 0 Å². The molecule has 1 fully saturated rings. The standard InChI is InChI=1S/C18H26N6O2/c1-13-6-3-8-16(25)24(13)11-5-9-19-18(26)23-10-4-7-15(12-23)17-20-14(2)21-22-17/h3,6,8,15H,4-5,7,9-12H2,1-2H3,(H,19,26)(H,20,21,22)/t15-/m0/s1. The molecule has 0 unspecified atom stereocenters. The minimum absolute atomic E-state index is 0.00278. The SMILES string of the molecule is Cc1nc([C@H]2CCCN(C(=O)NCCCn3c(C)cccc3=O)C2)n[nH]1. The maximum Gasteiger partial charge on any atom is 0.317 e. The lowest BCUT2D eigenvalue weighted by Crippen LogP contribution is -2.45. The van der Waals surface area contributed by atoms with E-state index in [9.17, 15) is 9.59 Å². The zero-order chi connectivity index (χ0) is 18.5. The van der Waals surface area contributed by atoms with E-state index in [1.165, 1.54) is 0 Å². The van der Waals surface area contributed by atoms with Crippen LogP contribution >= 0.6 is 0 Å². The van der Waals surface area contributed by atoms with E-state index in [0.29, 0.717) is 26.1 Å². The van der Waals surface area contributed by atoms with Gasteiger partial charge in [0, 0.05) is 43.9 Å². The van der Waals surface area contributed by atoms with Crippen LogP contribution in [-0.2, 0) is 6.54 Å². The molecule has 1 atom stereocenters. The second-order valence-corrected chi connectivity index (χ2v) is 6.81. The van der Waals surface area contributed by atoms with Gasteiger partial charge in [-0.1, -0.05) is 6.07 Å². The molecule has 2 amide bonds. The van der Waals surface area contributed by atoms with Crippen LogP contribution in [0.1, 0.15) is 42.5 Å². The lowest BCUT2D eigenvalue weighted by atomic mass is 9.98. The average molecular weight is 358 g/mol. The Kier molecular flexibility index (Phi) is 5.70. The Labute approximate surface area is 152 Å². The van der Waals surface area contributed by atoms with E-state index in [-0.39, 0.29) is 17.5 Å². The quantitative estimate of drug-likeness (QED) is 0.793. The van der Waals surface area contributed by atoms with Crippen molar-refractivity contribution < 1.29 is 4.79 Å². The van der Waals surface area contributed by atoms with Gasteiger partial charge in [-0.3, -0.25) is 9.89 Å². The molecule has 140 valence electrons. The van der Waals surface area contributed by atoms with Crippen molar-refractivity contribution in [3.05, 3.63) is 45.9 Å². The van der Waals surface area contributed by atoms with Gasteiger partial charge in [0.25, 0.3) is 5.56 Å². The molecule has 1 aliphatic heterocycles. The lowest BCUT2D eigenvalue weighted by Gasteiger charge is -2.31. The van der Waals surface area contributed by atoms with Gasteiger partial charge in [-0.15, -0.1) is 0 Å². The first-order chi connectivity index (χ1) is 12.5. The van der Waals surface area contributed by atoms with Crippen molar-refractivity contribution in [1.82, 2.24) is 30.0 Å². The van der Waals surface area contributed by atoms with Crippen LogP contribution in [0.5, 0.6) is 0 Å². The molecular weight excluding hydrogens is 332 g/mol. The van der Waals surface area contributed by atoms with Crippen LogP contribution in [0.4, 0.5) is 4.79 Å². The number of H-pyrrole nitrogens is 1. The van der Waals surface area contributed by atoms with Gasteiger partial charge in [0.2, 0.25) is 0 Å². The molecule has 0 bridgehead atoms. The third-order valence-electron chi connectivity index (χ3n) is 4.79. The molecule has 3 heterocycles. The van der Waals surface area contributed by atoms with Crippen LogP contribution in [0.3, 0.4) is 0 Å². The van der Waals surface area contributed by atoms with Crippen molar-refractivity contribution in [3.8, 4) is 0 Å². The largest absolute Gasteiger partial charge is 0.338 e. The minimum Gasteiger partial charge on any atom is -0.338 e. The fraction of sp³-hybridized carbons (Fsp3) is 0.556. The lowest BCUT2D eigenvalue weighted by molar-refractivity contribution is 0.178. The number of amides is 2. The third kappa shape index (κ3) is 4.30. The molecule has 8 heteroatoms. The molecule has 0 aliphatic carbocycles. The smallest absolute Gasteiger partial charge is 0.317 e. The van der Waals surface area contributed by atoms with Gasteiger partial charge in [0.05, 0.1) is 0 Å². The summed E-state index contributed by atoms with van der Waals surface area (Å²) in [4.78, 5) is 30.5. The number of carbonyl (C=O) groups is 1. The van der Waals surface area contributed by atoms with E-state index >= 15 is 0 Å². The zero-order valence-corrected chi connectivity index (χ0v) is 15.4. The van der Waals surface area contributed by atoms with E-state index < -0.39 is 0 Å². The van der Waals surface area contributed by atoms with Crippen LogP contribution in [0.15, 0.2) is 23.0 Å². The monoisotopic (exact) mass is 358 g/mol. The van der Waals surface area contributed by atoms with E-state index in [1.807, 2.05) is 24.8 Å². The Bertz CT molecular complexity index is 812. The third-order valence-corrected chi connectivity index (χ3v) is 4.79. The number of nitrogens with one attached hydrogen (secondary N) is 2. The minimum atomic E-state index is -0.0564. The number of hydrogen-bond donors (Lipinski definition) is 2. The fourth-order valence-corrected chi connectivity index (χ4v) is 3.37. The highest BCUT2D eigenvalue weighted by molar-refractivity contribution is 5.74. The Hall–Kier alpha value is -2.64. The normalized spacial score (nSPS) is 17.3. The van der Waals surface area contributed by atoms with Crippen molar-refractivity contribution in [1.29, 1.82) is 0 Å². The highest BCUT2D eigenvalue weighted by atomic mass is 16.2. The molecule has 0 radical (unpaired) electrons. The maximum atomic E-state index is 12.4. The summed E-state index contributed by atoms with van der Waals surface area (Å²) in [5.74, 6) is 1.77. The second-order valence-electron chi connectivity index (χ2n) is 6.81. The Morgan fingerprint density at radius 3 is 2.96 bits per heavy atom. The summed E-state index contributed by atoms with van der Waals surface area (Å²) >= 11 is 0. The summed E-state index contributed by atoms with van der Waals surface area (Å²) in [5.41, 5.74) is 0.932. The summed E-state index contributed by atoms with van der Waals surface area (Å²) in [5, 5.41) is 10.1. The highest BCUT2D eigenvalue weighted by Crippen LogP contribution is 2.24. The number of pyridine rings is 1. The molecule has 2 N–H and O–H groups in total. The van der Waals surface area contributed by atoms with Crippen molar-refractivity contribution in [2.24, 2.45) is 0 Å². The van der Waals surface area contributed by atoms with Crippen molar-refractivity contribution in [2.45, 2.75) is 45.6 Å². The Morgan fingerprint density at radius 1 is 1.38 bits per heavy atom. The predicted molar refractivity (Wildman–Crippen MR) is 98.1 cm³/mol. The highest BCUT2D eigenvalue weighted by Gasteiger charge is 2.26. The van der Waals surface area contributed by atoms with Gasteiger partial charge in [-0.25, -0.2) is 9.78 Å². The molecule has 2 aromatic rings. The number of rotatable bonds is 5. The van der Waals surface area contributed by atoms with Crippen molar-refractivity contribution >= 4 is 6.03 Å². The Balaban J connectivity index is 1.46. The molecule has 26 heavy (non-hydrogen) atoms. The zero-order valence-electron chi connectivity index (χ0n) is 15.4. The number of aromatic nitrogens is 4. The number of hydrogen-bond acceptors (Lipinski definition) is 4. The number of urea groups is 1. The van der Waals surface area contributed by atoms with Crippen LogP contribution in [0.2, 0.25) is 0 Å². The van der Waals surface area contributed by atoms with Crippen LogP contribution < -0.4 is 10.9 Å². The molecule has 2 aromatic heterocycles. The maximum absolute atomic E-state index is 12.4. The van der Waals surface area contributed by atoms with Crippen molar-refractivity contribution in [3.63, 3.8) is 0 Å². The molecular formula is C18H26N6O2. The Morgan fingerprint density at radius 2 is 2.23 bits per heavy atom.